The Labute approximate surface area is 197 Å². The number of nitrogens with zero attached hydrogens (tertiary/aromatic N) is 1. The lowest BCUT2D eigenvalue weighted by Crippen LogP contribution is -2.25. The van der Waals surface area contributed by atoms with E-state index in [9.17, 15) is 9.59 Å². The Morgan fingerprint density at radius 2 is 1.74 bits per heavy atom. The first-order valence-corrected chi connectivity index (χ1v) is 10.9. The molecule has 1 amide bonds. The van der Waals surface area contributed by atoms with Crippen LogP contribution in [0.4, 0.5) is 5.69 Å². The molecule has 158 valence electrons. The van der Waals surface area contributed by atoms with Gasteiger partial charge in [-0.1, -0.05) is 44.0 Å². The standard InChI is InChI=1S/C23H19Br2N3O3/c1-15-3-2-4-20(11-15)26-14-22(29)28-27-13-17-12-19(25)9-10-21(17)31-23(30)16-5-7-18(24)8-6-16/h2-13,26H,14H2,1H3,(H,28,29)/b27-13-. The number of rotatable bonds is 7. The van der Waals surface area contributed by atoms with Crippen molar-refractivity contribution in [1.29, 1.82) is 0 Å². The van der Waals surface area contributed by atoms with Gasteiger partial charge in [0, 0.05) is 20.2 Å². The number of ether oxygens (including phenoxy) is 1. The molecule has 3 rings (SSSR count). The Bertz CT molecular complexity index is 1120. The average Bonchev–Trinajstić information content (AvgIpc) is 2.74. The van der Waals surface area contributed by atoms with Gasteiger partial charge in [-0.05, 0) is 67.1 Å². The highest BCUT2D eigenvalue weighted by atomic mass is 79.9. The van der Waals surface area contributed by atoms with Crippen LogP contribution in [0.1, 0.15) is 21.5 Å². The number of hydrogen-bond donors (Lipinski definition) is 2. The van der Waals surface area contributed by atoms with E-state index in [-0.39, 0.29) is 12.5 Å². The van der Waals surface area contributed by atoms with Gasteiger partial charge in [0.25, 0.3) is 5.91 Å². The second-order valence-electron chi connectivity index (χ2n) is 6.59. The third kappa shape index (κ3) is 7.04. The van der Waals surface area contributed by atoms with Crippen molar-refractivity contribution < 1.29 is 14.3 Å². The van der Waals surface area contributed by atoms with Gasteiger partial charge < -0.3 is 10.1 Å². The van der Waals surface area contributed by atoms with Crippen LogP contribution in [0.3, 0.4) is 0 Å². The Kier molecular flexibility index (Phi) is 7.97. The summed E-state index contributed by atoms with van der Waals surface area (Å²) in [5.41, 5.74) is 5.37. The molecule has 8 heteroatoms. The number of hydrogen-bond acceptors (Lipinski definition) is 5. The predicted molar refractivity (Wildman–Crippen MR) is 129 cm³/mol. The number of halogens is 2. The van der Waals surface area contributed by atoms with Crippen LogP contribution in [-0.4, -0.2) is 24.6 Å². The van der Waals surface area contributed by atoms with Crippen molar-refractivity contribution in [3.63, 3.8) is 0 Å². The van der Waals surface area contributed by atoms with Crippen LogP contribution in [0.25, 0.3) is 0 Å². The van der Waals surface area contributed by atoms with Crippen molar-refractivity contribution in [2.24, 2.45) is 5.10 Å². The molecule has 2 N–H and O–H groups in total. The number of aryl methyl sites for hydroxylation is 1. The molecule has 0 fully saturated rings. The molecule has 0 spiro atoms. The van der Waals surface area contributed by atoms with Crippen LogP contribution in [0, 0.1) is 6.92 Å². The maximum atomic E-state index is 12.4. The van der Waals surface area contributed by atoms with Gasteiger partial charge in [-0.3, -0.25) is 4.79 Å². The Morgan fingerprint density at radius 1 is 1.00 bits per heavy atom. The molecule has 0 unspecified atom stereocenters. The van der Waals surface area contributed by atoms with Gasteiger partial charge >= 0.3 is 5.97 Å². The maximum absolute atomic E-state index is 12.4. The molecule has 0 saturated carbocycles. The molecule has 3 aromatic carbocycles. The number of amides is 1. The van der Waals surface area contributed by atoms with Crippen LogP contribution in [0.5, 0.6) is 5.75 Å². The largest absolute Gasteiger partial charge is 0.422 e. The molecule has 0 aliphatic carbocycles. The molecule has 0 heterocycles. The summed E-state index contributed by atoms with van der Waals surface area (Å²) in [6.07, 6.45) is 1.43. The fraction of sp³-hybridized carbons (Fsp3) is 0.0870. The summed E-state index contributed by atoms with van der Waals surface area (Å²) >= 11 is 6.72. The van der Waals surface area contributed by atoms with Crippen LogP contribution in [0.2, 0.25) is 0 Å². The highest BCUT2D eigenvalue weighted by molar-refractivity contribution is 9.10. The highest BCUT2D eigenvalue weighted by Crippen LogP contribution is 2.23. The highest BCUT2D eigenvalue weighted by Gasteiger charge is 2.11. The first-order valence-electron chi connectivity index (χ1n) is 9.30. The van der Waals surface area contributed by atoms with E-state index in [0.29, 0.717) is 16.9 Å². The zero-order valence-electron chi connectivity index (χ0n) is 16.6. The third-order valence-electron chi connectivity index (χ3n) is 4.12. The van der Waals surface area contributed by atoms with E-state index in [0.717, 1.165) is 20.2 Å². The van der Waals surface area contributed by atoms with Gasteiger partial charge in [0.1, 0.15) is 5.75 Å². The number of carbonyl (C=O) groups excluding carboxylic acids is 2. The van der Waals surface area contributed by atoms with Gasteiger partial charge in [0.15, 0.2) is 0 Å². The lowest BCUT2D eigenvalue weighted by molar-refractivity contribution is -0.119. The molecule has 0 bridgehead atoms. The summed E-state index contributed by atoms with van der Waals surface area (Å²) in [6, 6.07) is 19.7. The SMILES string of the molecule is Cc1cccc(NCC(=O)N/N=C\c2cc(Br)ccc2OC(=O)c2ccc(Br)cc2)c1. The number of hydrazone groups is 1. The Balaban J connectivity index is 1.61. The van der Waals surface area contributed by atoms with E-state index in [1.165, 1.54) is 6.21 Å². The fourth-order valence-electron chi connectivity index (χ4n) is 2.61. The van der Waals surface area contributed by atoms with E-state index in [2.05, 4.69) is 47.7 Å². The van der Waals surface area contributed by atoms with Gasteiger partial charge in [0.05, 0.1) is 18.3 Å². The molecule has 0 aliphatic rings. The quantitative estimate of drug-likeness (QED) is 0.183. The van der Waals surface area contributed by atoms with E-state index < -0.39 is 5.97 Å². The first-order chi connectivity index (χ1) is 14.9. The van der Waals surface area contributed by atoms with Crippen molar-refractivity contribution in [3.8, 4) is 5.75 Å². The van der Waals surface area contributed by atoms with Crippen LogP contribution in [-0.2, 0) is 4.79 Å². The number of anilines is 1. The van der Waals surface area contributed by atoms with Gasteiger partial charge in [-0.25, -0.2) is 10.2 Å². The van der Waals surface area contributed by atoms with E-state index >= 15 is 0 Å². The second kappa shape index (κ2) is 10.9. The molecular weight excluding hydrogens is 526 g/mol. The number of benzene rings is 3. The van der Waals surface area contributed by atoms with E-state index in [4.69, 9.17) is 4.74 Å². The lowest BCUT2D eigenvalue weighted by atomic mass is 10.2. The first kappa shape index (κ1) is 22.7. The Morgan fingerprint density at radius 3 is 2.48 bits per heavy atom. The smallest absolute Gasteiger partial charge is 0.343 e. The monoisotopic (exact) mass is 543 g/mol. The fourth-order valence-corrected chi connectivity index (χ4v) is 3.25. The van der Waals surface area contributed by atoms with Crippen molar-refractivity contribution in [2.75, 3.05) is 11.9 Å². The van der Waals surface area contributed by atoms with Crippen LogP contribution >= 0.6 is 31.9 Å². The number of nitrogens with one attached hydrogen (secondary N) is 2. The summed E-state index contributed by atoms with van der Waals surface area (Å²) in [4.78, 5) is 24.5. The minimum atomic E-state index is -0.490. The summed E-state index contributed by atoms with van der Waals surface area (Å²) in [7, 11) is 0. The molecule has 0 aromatic heterocycles. The van der Waals surface area contributed by atoms with Crippen LogP contribution in [0.15, 0.2) is 80.8 Å². The lowest BCUT2D eigenvalue weighted by Gasteiger charge is -2.08. The molecular formula is C23H19Br2N3O3. The summed E-state index contributed by atoms with van der Waals surface area (Å²) in [5.74, 6) is -0.468. The van der Waals surface area contributed by atoms with Crippen molar-refractivity contribution in [1.82, 2.24) is 5.43 Å². The number of esters is 1. The predicted octanol–water partition coefficient (Wildman–Crippen LogP) is 5.30. The zero-order chi connectivity index (χ0) is 22.2. The van der Waals surface area contributed by atoms with Gasteiger partial charge in [0.2, 0.25) is 0 Å². The Hall–Kier alpha value is -2.97. The van der Waals surface area contributed by atoms with Crippen LogP contribution < -0.4 is 15.5 Å². The molecule has 3 aromatic rings. The molecule has 0 radical (unpaired) electrons. The molecule has 0 aliphatic heterocycles. The van der Waals surface area contributed by atoms with E-state index in [1.54, 1.807) is 42.5 Å². The van der Waals surface area contributed by atoms with Crippen molar-refractivity contribution in [3.05, 3.63) is 92.4 Å². The zero-order valence-corrected chi connectivity index (χ0v) is 19.7. The molecule has 0 atom stereocenters. The summed E-state index contributed by atoms with van der Waals surface area (Å²) in [5, 5.41) is 7.02. The second-order valence-corrected chi connectivity index (χ2v) is 8.43. The normalized spacial score (nSPS) is 10.7. The number of carbonyl (C=O) groups is 2. The molecule has 0 saturated heterocycles. The van der Waals surface area contributed by atoms with Crippen molar-refractivity contribution >= 4 is 55.6 Å². The molecule has 6 nitrogen and oxygen atoms in total. The summed E-state index contributed by atoms with van der Waals surface area (Å²) in [6.45, 7) is 2.05. The summed E-state index contributed by atoms with van der Waals surface area (Å²) < 4.78 is 7.16. The average molecular weight is 545 g/mol. The molecule has 31 heavy (non-hydrogen) atoms. The van der Waals surface area contributed by atoms with E-state index in [1.807, 2.05) is 31.2 Å². The van der Waals surface area contributed by atoms with Crippen molar-refractivity contribution in [2.45, 2.75) is 6.92 Å². The van der Waals surface area contributed by atoms with Gasteiger partial charge in [-0.2, -0.15) is 5.10 Å². The topological polar surface area (TPSA) is 79.8 Å². The maximum Gasteiger partial charge on any atom is 0.343 e. The van der Waals surface area contributed by atoms with Gasteiger partial charge in [-0.15, -0.1) is 0 Å². The third-order valence-corrected chi connectivity index (χ3v) is 5.14. The minimum Gasteiger partial charge on any atom is -0.422 e. The minimum absolute atomic E-state index is 0.0741.